The number of nitrogens with zero attached hydrogens (tertiary/aromatic N) is 1. The number of aryl methyl sites for hydroxylation is 2. The highest BCUT2D eigenvalue weighted by Crippen LogP contribution is 2.23. The molecule has 3 aromatic rings. The molecule has 102 valence electrons. The van der Waals surface area contributed by atoms with Gasteiger partial charge in [0.15, 0.2) is 5.13 Å². The summed E-state index contributed by atoms with van der Waals surface area (Å²) in [5, 5.41) is 6.52. The average Bonchev–Trinajstić information content (AvgIpc) is 3.03. The van der Waals surface area contributed by atoms with Crippen LogP contribution in [0, 0.1) is 6.92 Å². The lowest BCUT2D eigenvalue weighted by Gasteiger charge is -2.02. The van der Waals surface area contributed by atoms with Crippen molar-refractivity contribution in [2.45, 2.75) is 19.8 Å². The van der Waals surface area contributed by atoms with Gasteiger partial charge in [0.2, 0.25) is 5.91 Å². The molecule has 4 nitrogen and oxygen atoms in total. The molecule has 0 fully saturated rings. The van der Waals surface area contributed by atoms with Crippen molar-refractivity contribution in [3.8, 4) is 0 Å². The van der Waals surface area contributed by atoms with E-state index in [0.717, 1.165) is 17.6 Å². The van der Waals surface area contributed by atoms with Gasteiger partial charge in [-0.2, -0.15) is 0 Å². The Kier molecular flexibility index (Phi) is 3.52. The summed E-state index contributed by atoms with van der Waals surface area (Å²) in [6, 6.07) is 8.18. The van der Waals surface area contributed by atoms with Crippen LogP contribution in [0.5, 0.6) is 0 Å². The van der Waals surface area contributed by atoms with Crippen LogP contribution >= 0.6 is 11.3 Å². The molecule has 0 saturated carbocycles. The second kappa shape index (κ2) is 5.46. The number of rotatable bonds is 4. The van der Waals surface area contributed by atoms with Crippen molar-refractivity contribution in [1.82, 2.24) is 9.97 Å². The molecular weight excluding hydrogens is 270 g/mol. The van der Waals surface area contributed by atoms with Gasteiger partial charge in [0.25, 0.3) is 0 Å². The fourth-order valence-corrected chi connectivity index (χ4v) is 2.91. The van der Waals surface area contributed by atoms with E-state index >= 15 is 0 Å². The van der Waals surface area contributed by atoms with E-state index < -0.39 is 0 Å². The topological polar surface area (TPSA) is 57.8 Å². The maximum atomic E-state index is 11.9. The summed E-state index contributed by atoms with van der Waals surface area (Å²) < 4.78 is 0. The van der Waals surface area contributed by atoms with Gasteiger partial charge >= 0.3 is 0 Å². The van der Waals surface area contributed by atoms with E-state index in [2.05, 4.69) is 27.4 Å². The number of nitrogens with one attached hydrogen (secondary N) is 2. The highest BCUT2D eigenvalue weighted by atomic mass is 32.1. The molecule has 0 bridgehead atoms. The van der Waals surface area contributed by atoms with Gasteiger partial charge in [-0.15, -0.1) is 11.3 Å². The van der Waals surface area contributed by atoms with E-state index in [-0.39, 0.29) is 5.91 Å². The fourth-order valence-electron chi connectivity index (χ4n) is 2.36. The molecule has 20 heavy (non-hydrogen) atoms. The number of para-hydroxylation sites is 1. The molecule has 1 aromatic carbocycles. The average molecular weight is 285 g/mol. The zero-order valence-corrected chi connectivity index (χ0v) is 12.0. The minimum Gasteiger partial charge on any atom is -0.358 e. The van der Waals surface area contributed by atoms with Gasteiger partial charge in [-0.3, -0.25) is 4.79 Å². The Morgan fingerprint density at radius 3 is 3.05 bits per heavy atom. The van der Waals surface area contributed by atoms with Crippen molar-refractivity contribution in [1.29, 1.82) is 0 Å². The first-order valence-corrected chi connectivity index (χ1v) is 7.37. The number of aromatic amines is 1. The summed E-state index contributed by atoms with van der Waals surface area (Å²) >= 11 is 1.43. The number of fused-ring (bicyclic) bond motifs is 1. The zero-order valence-electron chi connectivity index (χ0n) is 11.1. The Morgan fingerprint density at radius 1 is 1.40 bits per heavy atom. The van der Waals surface area contributed by atoms with Crippen LogP contribution in [0.2, 0.25) is 0 Å². The van der Waals surface area contributed by atoms with Crippen LogP contribution in [-0.2, 0) is 11.2 Å². The highest BCUT2D eigenvalue weighted by molar-refractivity contribution is 7.13. The monoisotopic (exact) mass is 285 g/mol. The first-order valence-electron chi connectivity index (χ1n) is 6.49. The predicted molar refractivity (Wildman–Crippen MR) is 82.1 cm³/mol. The van der Waals surface area contributed by atoms with E-state index in [4.69, 9.17) is 0 Å². The molecule has 0 aliphatic rings. The molecule has 0 radical (unpaired) electrons. The van der Waals surface area contributed by atoms with E-state index in [0.29, 0.717) is 11.6 Å². The third kappa shape index (κ3) is 2.58. The van der Waals surface area contributed by atoms with Gasteiger partial charge in [-0.05, 0) is 25.0 Å². The number of amides is 1. The fraction of sp³-hybridized carbons (Fsp3) is 0.200. The summed E-state index contributed by atoms with van der Waals surface area (Å²) in [5.74, 6) is 0.00429. The number of hydrogen-bond acceptors (Lipinski definition) is 3. The second-order valence-electron chi connectivity index (χ2n) is 4.66. The SMILES string of the molecule is Cc1[nH]c2ccccc2c1CCC(=O)Nc1nccs1. The van der Waals surface area contributed by atoms with Gasteiger partial charge in [0.05, 0.1) is 0 Å². The number of anilines is 1. The van der Waals surface area contributed by atoms with Crippen molar-refractivity contribution in [3.05, 3.63) is 47.1 Å². The summed E-state index contributed by atoms with van der Waals surface area (Å²) in [6.45, 7) is 2.05. The molecule has 0 atom stereocenters. The lowest BCUT2D eigenvalue weighted by Crippen LogP contribution is -2.12. The number of H-pyrrole nitrogens is 1. The highest BCUT2D eigenvalue weighted by Gasteiger charge is 2.10. The van der Waals surface area contributed by atoms with Crippen molar-refractivity contribution >= 4 is 33.3 Å². The molecule has 1 amide bonds. The van der Waals surface area contributed by atoms with Gasteiger partial charge in [-0.25, -0.2) is 4.98 Å². The molecule has 0 saturated heterocycles. The Balaban J connectivity index is 1.70. The molecule has 2 aromatic heterocycles. The Bertz CT molecular complexity index is 731. The molecular formula is C15H15N3OS. The lowest BCUT2D eigenvalue weighted by atomic mass is 10.1. The quantitative estimate of drug-likeness (QED) is 0.770. The Labute approximate surface area is 120 Å². The first-order chi connectivity index (χ1) is 9.74. The minimum absolute atomic E-state index is 0.00429. The van der Waals surface area contributed by atoms with Crippen LogP contribution < -0.4 is 5.32 Å². The number of benzene rings is 1. The van der Waals surface area contributed by atoms with E-state index in [9.17, 15) is 4.79 Å². The molecule has 2 N–H and O–H groups in total. The molecule has 2 heterocycles. The van der Waals surface area contributed by atoms with Crippen LogP contribution in [0.25, 0.3) is 10.9 Å². The standard InChI is InChI=1S/C15H15N3OS/c1-10-11(12-4-2-3-5-13(12)17-10)6-7-14(19)18-15-16-8-9-20-15/h2-5,8-9,17H,6-7H2,1H3,(H,16,18,19). The van der Waals surface area contributed by atoms with Crippen molar-refractivity contribution in [2.75, 3.05) is 5.32 Å². The number of thiazole rings is 1. The summed E-state index contributed by atoms with van der Waals surface area (Å²) in [6.07, 6.45) is 2.87. The van der Waals surface area contributed by atoms with E-state index in [1.54, 1.807) is 6.20 Å². The summed E-state index contributed by atoms with van der Waals surface area (Å²) in [4.78, 5) is 19.3. The molecule has 0 spiro atoms. The van der Waals surface area contributed by atoms with Crippen LogP contribution in [0.3, 0.4) is 0 Å². The third-order valence-corrected chi connectivity index (χ3v) is 4.00. The lowest BCUT2D eigenvalue weighted by molar-refractivity contribution is -0.116. The summed E-state index contributed by atoms with van der Waals surface area (Å²) in [7, 11) is 0. The minimum atomic E-state index is 0.00429. The molecule has 5 heteroatoms. The number of carbonyl (C=O) groups excluding carboxylic acids is 1. The first kappa shape index (κ1) is 12.9. The van der Waals surface area contributed by atoms with Gasteiger partial charge in [-0.1, -0.05) is 18.2 Å². The van der Waals surface area contributed by atoms with E-state index in [1.165, 1.54) is 22.3 Å². The molecule has 0 unspecified atom stereocenters. The van der Waals surface area contributed by atoms with Crippen molar-refractivity contribution in [3.63, 3.8) is 0 Å². The van der Waals surface area contributed by atoms with E-state index in [1.807, 2.05) is 24.4 Å². The van der Waals surface area contributed by atoms with Crippen LogP contribution in [-0.4, -0.2) is 15.9 Å². The normalized spacial score (nSPS) is 10.8. The van der Waals surface area contributed by atoms with Gasteiger partial charge < -0.3 is 10.3 Å². The second-order valence-corrected chi connectivity index (χ2v) is 5.55. The van der Waals surface area contributed by atoms with Crippen LogP contribution in [0.4, 0.5) is 5.13 Å². The number of carbonyl (C=O) groups is 1. The largest absolute Gasteiger partial charge is 0.358 e. The van der Waals surface area contributed by atoms with Crippen molar-refractivity contribution in [2.24, 2.45) is 0 Å². The maximum absolute atomic E-state index is 11.9. The maximum Gasteiger partial charge on any atom is 0.226 e. The molecule has 3 rings (SSSR count). The van der Waals surface area contributed by atoms with Crippen LogP contribution in [0.1, 0.15) is 17.7 Å². The van der Waals surface area contributed by atoms with Crippen molar-refractivity contribution < 1.29 is 4.79 Å². The number of aromatic nitrogens is 2. The molecule has 0 aliphatic carbocycles. The Morgan fingerprint density at radius 2 is 2.25 bits per heavy atom. The smallest absolute Gasteiger partial charge is 0.226 e. The van der Waals surface area contributed by atoms with Gasteiger partial charge in [0.1, 0.15) is 0 Å². The number of hydrogen-bond donors (Lipinski definition) is 2. The van der Waals surface area contributed by atoms with Gasteiger partial charge in [0, 0.05) is 34.6 Å². The third-order valence-electron chi connectivity index (χ3n) is 3.31. The Hall–Kier alpha value is -2.14. The van der Waals surface area contributed by atoms with Crippen LogP contribution in [0.15, 0.2) is 35.8 Å². The zero-order chi connectivity index (χ0) is 13.9. The molecule has 0 aliphatic heterocycles. The summed E-state index contributed by atoms with van der Waals surface area (Å²) in [5.41, 5.74) is 3.48. The predicted octanol–water partition coefficient (Wildman–Crippen LogP) is 3.50.